The minimum atomic E-state index is -0.203. The van der Waals surface area contributed by atoms with Crippen molar-refractivity contribution in [3.63, 3.8) is 0 Å². The Morgan fingerprint density at radius 3 is 2.62 bits per heavy atom. The van der Waals surface area contributed by atoms with Crippen molar-refractivity contribution in [3.05, 3.63) is 17.7 Å². The molecule has 0 radical (unpaired) electrons. The Labute approximate surface area is 79.9 Å². The number of ether oxygens (including phenoxy) is 1. The third-order valence-corrected chi connectivity index (χ3v) is 1.92. The van der Waals surface area contributed by atoms with Gasteiger partial charge in [-0.05, 0) is 24.4 Å². The van der Waals surface area contributed by atoms with Crippen LogP contribution in [-0.4, -0.2) is 15.9 Å². The molecular formula is C8H7ClN2O2. The highest BCUT2D eigenvalue weighted by Gasteiger charge is 2.31. The van der Waals surface area contributed by atoms with E-state index >= 15 is 0 Å². The Bertz CT molecular complexity index is 321. The number of nitrogens with zero attached hydrogens (tertiary/aromatic N) is 2. The number of carbonyl (C=O) groups excluding carboxylic acids is 1. The molecule has 0 bridgehead atoms. The molecule has 0 aromatic carbocycles. The first kappa shape index (κ1) is 8.44. The van der Waals surface area contributed by atoms with E-state index in [4.69, 9.17) is 16.3 Å². The lowest BCUT2D eigenvalue weighted by Gasteiger charge is -2.00. The maximum atomic E-state index is 11.1. The van der Waals surface area contributed by atoms with Crippen LogP contribution in [0.1, 0.15) is 12.8 Å². The molecule has 13 heavy (non-hydrogen) atoms. The van der Waals surface area contributed by atoms with E-state index in [9.17, 15) is 4.79 Å². The number of halogens is 1. The van der Waals surface area contributed by atoms with Gasteiger partial charge in [0.2, 0.25) is 5.28 Å². The molecule has 4 nitrogen and oxygen atoms in total. The Morgan fingerprint density at radius 2 is 2.08 bits per heavy atom. The van der Waals surface area contributed by atoms with E-state index in [1.807, 2.05) is 0 Å². The van der Waals surface area contributed by atoms with Crippen LogP contribution in [0.5, 0.6) is 5.75 Å². The van der Waals surface area contributed by atoms with E-state index in [1.165, 1.54) is 12.4 Å². The van der Waals surface area contributed by atoms with Crippen LogP contribution in [-0.2, 0) is 4.79 Å². The maximum Gasteiger partial charge on any atom is 0.314 e. The van der Waals surface area contributed by atoms with E-state index in [1.54, 1.807) is 0 Å². The SMILES string of the molecule is O=C(Oc1cnc(Cl)nc1)C1CC1. The largest absolute Gasteiger partial charge is 0.423 e. The van der Waals surface area contributed by atoms with Crippen LogP contribution < -0.4 is 4.74 Å². The van der Waals surface area contributed by atoms with Gasteiger partial charge in [-0.2, -0.15) is 0 Å². The molecule has 0 saturated heterocycles. The van der Waals surface area contributed by atoms with Crippen LogP contribution in [0, 0.1) is 5.92 Å². The molecule has 0 spiro atoms. The quantitative estimate of drug-likeness (QED) is 0.533. The van der Waals surface area contributed by atoms with Gasteiger partial charge in [0, 0.05) is 0 Å². The molecule has 1 saturated carbocycles. The van der Waals surface area contributed by atoms with Gasteiger partial charge < -0.3 is 4.74 Å². The highest BCUT2D eigenvalue weighted by Crippen LogP contribution is 2.30. The van der Waals surface area contributed by atoms with Crippen LogP contribution in [0.15, 0.2) is 12.4 Å². The van der Waals surface area contributed by atoms with Crippen molar-refractivity contribution in [1.82, 2.24) is 9.97 Å². The minimum absolute atomic E-state index is 0.0793. The summed E-state index contributed by atoms with van der Waals surface area (Å²) in [5, 5.41) is 0.145. The first-order valence-electron chi connectivity index (χ1n) is 3.95. The summed E-state index contributed by atoms with van der Waals surface area (Å²) in [5.41, 5.74) is 0. The van der Waals surface area contributed by atoms with Gasteiger partial charge in [0.05, 0.1) is 18.3 Å². The average Bonchev–Trinajstić information content (AvgIpc) is 2.91. The number of carbonyl (C=O) groups is 1. The Balaban J connectivity index is 2.00. The summed E-state index contributed by atoms with van der Waals surface area (Å²) in [7, 11) is 0. The molecule has 68 valence electrons. The van der Waals surface area contributed by atoms with E-state index in [0.29, 0.717) is 5.75 Å². The van der Waals surface area contributed by atoms with Crippen molar-refractivity contribution < 1.29 is 9.53 Å². The molecule has 1 aromatic heterocycles. The van der Waals surface area contributed by atoms with Gasteiger partial charge in [0.25, 0.3) is 0 Å². The average molecular weight is 199 g/mol. The standard InChI is InChI=1S/C8H7ClN2O2/c9-8-10-3-6(4-11-8)13-7(12)5-1-2-5/h3-5H,1-2H2. The molecule has 1 aromatic rings. The highest BCUT2D eigenvalue weighted by atomic mass is 35.5. The van der Waals surface area contributed by atoms with Gasteiger partial charge in [0.1, 0.15) is 0 Å². The predicted molar refractivity (Wildman–Crippen MR) is 45.4 cm³/mol. The van der Waals surface area contributed by atoms with E-state index in [0.717, 1.165) is 12.8 Å². The second-order valence-corrected chi connectivity index (χ2v) is 3.22. The van der Waals surface area contributed by atoms with Gasteiger partial charge in [-0.15, -0.1) is 0 Å². The third kappa shape index (κ3) is 2.15. The van der Waals surface area contributed by atoms with E-state index in [2.05, 4.69) is 9.97 Å². The minimum Gasteiger partial charge on any atom is -0.423 e. The highest BCUT2D eigenvalue weighted by molar-refractivity contribution is 6.28. The zero-order chi connectivity index (χ0) is 9.26. The summed E-state index contributed by atoms with van der Waals surface area (Å²) in [4.78, 5) is 18.5. The summed E-state index contributed by atoms with van der Waals surface area (Å²) in [6.45, 7) is 0. The molecule has 0 atom stereocenters. The number of hydrogen-bond donors (Lipinski definition) is 0. The van der Waals surface area contributed by atoms with Crippen LogP contribution in [0.3, 0.4) is 0 Å². The number of aromatic nitrogens is 2. The van der Waals surface area contributed by atoms with Gasteiger partial charge in [-0.1, -0.05) is 0 Å². The predicted octanol–water partition coefficient (Wildman–Crippen LogP) is 1.45. The number of hydrogen-bond acceptors (Lipinski definition) is 4. The van der Waals surface area contributed by atoms with Gasteiger partial charge in [-0.3, -0.25) is 4.79 Å². The van der Waals surface area contributed by atoms with Gasteiger partial charge in [0.15, 0.2) is 5.75 Å². The molecule has 1 heterocycles. The Hall–Kier alpha value is -1.16. The summed E-state index contributed by atoms with van der Waals surface area (Å²) < 4.78 is 4.97. The first-order valence-corrected chi connectivity index (χ1v) is 4.33. The Kier molecular flexibility index (Phi) is 2.14. The van der Waals surface area contributed by atoms with Crippen LogP contribution >= 0.6 is 11.6 Å². The normalized spacial score (nSPS) is 15.5. The summed E-state index contributed by atoms with van der Waals surface area (Å²) in [5.74, 6) is 0.225. The molecule has 0 unspecified atom stereocenters. The number of esters is 1. The molecule has 0 aliphatic heterocycles. The zero-order valence-corrected chi connectivity index (χ0v) is 7.49. The van der Waals surface area contributed by atoms with E-state index in [-0.39, 0.29) is 17.2 Å². The molecule has 1 aliphatic rings. The molecule has 0 N–H and O–H groups in total. The molecule has 2 rings (SSSR count). The summed E-state index contributed by atoms with van der Waals surface area (Å²) >= 11 is 5.46. The van der Waals surface area contributed by atoms with Crippen LogP contribution in [0.4, 0.5) is 0 Å². The van der Waals surface area contributed by atoms with E-state index < -0.39 is 0 Å². The second-order valence-electron chi connectivity index (χ2n) is 2.88. The molecular weight excluding hydrogens is 192 g/mol. The van der Waals surface area contributed by atoms with Gasteiger partial charge in [-0.25, -0.2) is 9.97 Å². The van der Waals surface area contributed by atoms with Crippen LogP contribution in [0.2, 0.25) is 5.28 Å². The number of rotatable bonds is 2. The zero-order valence-electron chi connectivity index (χ0n) is 6.74. The summed E-state index contributed by atoms with van der Waals surface area (Å²) in [6, 6.07) is 0. The maximum absolute atomic E-state index is 11.1. The fourth-order valence-electron chi connectivity index (χ4n) is 0.872. The fourth-order valence-corrected chi connectivity index (χ4v) is 0.969. The van der Waals surface area contributed by atoms with Crippen molar-refractivity contribution in [3.8, 4) is 5.75 Å². The monoisotopic (exact) mass is 198 g/mol. The molecule has 1 aliphatic carbocycles. The Morgan fingerprint density at radius 1 is 1.46 bits per heavy atom. The smallest absolute Gasteiger partial charge is 0.314 e. The molecule has 0 amide bonds. The van der Waals surface area contributed by atoms with Crippen molar-refractivity contribution in [2.45, 2.75) is 12.8 Å². The van der Waals surface area contributed by atoms with Gasteiger partial charge >= 0.3 is 5.97 Å². The lowest BCUT2D eigenvalue weighted by Crippen LogP contribution is -2.10. The van der Waals surface area contributed by atoms with Crippen molar-refractivity contribution in [2.75, 3.05) is 0 Å². The van der Waals surface area contributed by atoms with Crippen LogP contribution in [0.25, 0.3) is 0 Å². The lowest BCUT2D eigenvalue weighted by atomic mass is 10.4. The van der Waals surface area contributed by atoms with Crippen molar-refractivity contribution >= 4 is 17.6 Å². The van der Waals surface area contributed by atoms with Crippen molar-refractivity contribution in [2.24, 2.45) is 5.92 Å². The molecule has 1 fully saturated rings. The topological polar surface area (TPSA) is 52.1 Å². The first-order chi connectivity index (χ1) is 6.25. The fraction of sp³-hybridized carbons (Fsp3) is 0.375. The second kappa shape index (κ2) is 3.30. The van der Waals surface area contributed by atoms with Crippen molar-refractivity contribution in [1.29, 1.82) is 0 Å². The molecule has 5 heteroatoms. The summed E-state index contributed by atoms with van der Waals surface area (Å²) in [6.07, 6.45) is 4.62. The lowest BCUT2D eigenvalue weighted by molar-refractivity contribution is -0.135. The third-order valence-electron chi connectivity index (χ3n) is 1.73.